The zero-order valence-electron chi connectivity index (χ0n) is 17.2. The molecule has 30 heavy (non-hydrogen) atoms. The molecule has 0 aromatic heterocycles. The van der Waals surface area contributed by atoms with Crippen LogP contribution in [0.25, 0.3) is 6.08 Å². The van der Waals surface area contributed by atoms with Gasteiger partial charge in [-0.15, -0.1) is 0 Å². The molecule has 0 heterocycles. The van der Waals surface area contributed by atoms with Crippen LogP contribution in [0.4, 0.5) is 0 Å². The molecule has 1 aromatic rings. The number of phenolic OH excluding ortho intramolecular Hbond substituents is 1. The van der Waals surface area contributed by atoms with Crippen molar-refractivity contribution in [3.63, 3.8) is 0 Å². The molecule has 0 saturated carbocycles. The SMILES string of the molecule is COc1cc(C=CCN(OCCO)OCCO)cc(C(NCCO)NCCO)c1O. The number of nitrogens with one attached hydrogen (secondary N) is 2. The van der Waals surface area contributed by atoms with Gasteiger partial charge in [0.25, 0.3) is 0 Å². The fourth-order valence-corrected chi connectivity index (χ4v) is 2.54. The van der Waals surface area contributed by atoms with E-state index in [9.17, 15) is 5.11 Å². The number of nitrogens with zero attached hydrogens (tertiary/aromatic N) is 1. The number of hydrogen-bond donors (Lipinski definition) is 7. The number of methoxy groups -OCH3 is 1. The number of aliphatic hydroxyl groups is 4. The number of hydroxylamine groups is 2. The Morgan fingerprint density at radius 1 is 0.967 bits per heavy atom. The van der Waals surface area contributed by atoms with Crippen molar-refractivity contribution in [1.82, 2.24) is 15.9 Å². The second kappa shape index (κ2) is 16.0. The average Bonchev–Trinajstić information content (AvgIpc) is 2.76. The molecule has 0 spiro atoms. The Hall–Kier alpha value is -1.80. The first-order valence-electron chi connectivity index (χ1n) is 9.62. The number of benzene rings is 1. The predicted octanol–water partition coefficient (Wildman–Crippen LogP) is -1.27. The number of hydrogen-bond acceptors (Lipinski definition) is 11. The summed E-state index contributed by atoms with van der Waals surface area (Å²) < 4.78 is 5.27. The van der Waals surface area contributed by atoms with E-state index in [1.54, 1.807) is 24.3 Å². The van der Waals surface area contributed by atoms with Gasteiger partial charge in [0.2, 0.25) is 0 Å². The van der Waals surface area contributed by atoms with Crippen molar-refractivity contribution in [2.24, 2.45) is 0 Å². The van der Waals surface area contributed by atoms with Crippen LogP contribution in [0, 0.1) is 0 Å². The average molecular weight is 431 g/mol. The van der Waals surface area contributed by atoms with Gasteiger partial charge < -0.3 is 30.3 Å². The lowest BCUT2D eigenvalue weighted by atomic mass is 10.0. The summed E-state index contributed by atoms with van der Waals surface area (Å²) in [5.41, 5.74) is 1.20. The molecule has 0 atom stereocenters. The quantitative estimate of drug-likeness (QED) is 0.117. The molecule has 0 aliphatic heterocycles. The Labute approximate surface area is 176 Å². The minimum Gasteiger partial charge on any atom is -0.504 e. The molecule has 0 saturated heterocycles. The van der Waals surface area contributed by atoms with E-state index in [-0.39, 0.29) is 70.8 Å². The van der Waals surface area contributed by atoms with Crippen LogP contribution in [-0.4, -0.2) is 97.1 Å². The first-order chi connectivity index (χ1) is 14.6. The molecule has 0 radical (unpaired) electrons. The van der Waals surface area contributed by atoms with Gasteiger partial charge in [-0.2, -0.15) is 0 Å². The van der Waals surface area contributed by atoms with Crippen LogP contribution in [0.1, 0.15) is 17.3 Å². The lowest BCUT2D eigenvalue weighted by Gasteiger charge is -2.22. The van der Waals surface area contributed by atoms with Crippen molar-refractivity contribution in [3.8, 4) is 11.5 Å². The summed E-state index contributed by atoms with van der Waals surface area (Å²) >= 11 is 0. The minimum atomic E-state index is -0.524. The summed E-state index contributed by atoms with van der Waals surface area (Å²) in [5.74, 6) is 0.202. The summed E-state index contributed by atoms with van der Waals surface area (Å²) in [6.45, 7) is 0.339. The highest BCUT2D eigenvalue weighted by Gasteiger charge is 2.18. The third-order valence-corrected chi connectivity index (χ3v) is 3.80. The molecular formula is C19H33N3O8. The molecule has 0 amide bonds. The molecular weight excluding hydrogens is 398 g/mol. The normalized spacial score (nSPS) is 11.8. The highest BCUT2D eigenvalue weighted by molar-refractivity contribution is 5.59. The molecule has 0 bridgehead atoms. The molecule has 1 aromatic carbocycles. The third kappa shape index (κ3) is 9.34. The van der Waals surface area contributed by atoms with Crippen molar-refractivity contribution < 1.29 is 39.9 Å². The van der Waals surface area contributed by atoms with Gasteiger partial charge >= 0.3 is 0 Å². The van der Waals surface area contributed by atoms with Gasteiger partial charge in [-0.3, -0.25) is 20.3 Å². The van der Waals surface area contributed by atoms with E-state index in [1.165, 1.54) is 7.11 Å². The molecule has 11 heteroatoms. The van der Waals surface area contributed by atoms with Gasteiger partial charge in [-0.25, -0.2) is 0 Å². The fraction of sp³-hybridized carbons (Fsp3) is 0.579. The topological polar surface area (TPSA) is 156 Å². The maximum absolute atomic E-state index is 10.5. The molecule has 172 valence electrons. The van der Waals surface area contributed by atoms with Crippen molar-refractivity contribution in [2.75, 3.05) is 66.4 Å². The van der Waals surface area contributed by atoms with Gasteiger partial charge in [0.1, 0.15) is 0 Å². The van der Waals surface area contributed by atoms with Crippen LogP contribution in [0.2, 0.25) is 0 Å². The highest BCUT2D eigenvalue weighted by Crippen LogP contribution is 2.35. The van der Waals surface area contributed by atoms with Crippen LogP contribution in [0.3, 0.4) is 0 Å². The Kier molecular flexibility index (Phi) is 14.0. The van der Waals surface area contributed by atoms with Crippen molar-refractivity contribution in [3.05, 3.63) is 29.3 Å². The van der Waals surface area contributed by atoms with E-state index in [0.717, 1.165) is 5.23 Å². The second-order valence-electron chi connectivity index (χ2n) is 5.98. The van der Waals surface area contributed by atoms with E-state index >= 15 is 0 Å². The van der Waals surface area contributed by atoms with Gasteiger partial charge in [-0.1, -0.05) is 17.4 Å². The van der Waals surface area contributed by atoms with E-state index in [1.807, 2.05) is 0 Å². The van der Waals surface area contributed by atoms with E-state index < -0.39 is 6.17 Å². The van der Waals surface area contributed by atoms with Gasteiger partial charge in [0, 0.05) is 18.7 Å². The number of rotatable bonds is 17. The molecule has 1 rings (SSSR count). The van der Waals surface area contributed by atoms with E-state index in [4.69, 9.17) is 34.8 Å². The van der Waals surface area contributed by atoms with Crippen LogP contribution < -0.4 is 15.4 Å². The van der Waals surface area contributed by atoms with Crippen LogP contribution in [0.15, 0.2) is 18.2 Å². The highest BCUT2D eigenvalue weighted by atomic mass is 16.9. The third-order valence-electron chi connectivity index (χ3n) is 3.80. The molecule has 0 fully saturated rings. The van der Waals surface area contributed by atoms with Crippen LogP contribution >= 0.6 is 0 Å². The summed E-state index contributed by atoms with van der Waals surface area (Å²) in [5, 5.41) is 53.8. The zero-order valence-corrected chi connectivity index (χ0v) is 17.2. The molecule has 11 nitrogen and oxygen atoms in total. The first kappa shape index (κ1) is 26.2. The summed E-state index contributed by atoms with van der Waals surface area (Å²) in [6.07, 6.45) is 2.98. The Morgan fingerprint density at radius 2 is 1.57 bits per heavy atom. The van der Waals surface area contributed by atoms with Crippen LogP contribution in [-0.2, 0) is 9.68 Å². The first-order valence-corrected chi connectivity index (χ1v) is 9.62. The molecule has 7 N–H and O–H groups in total. The summed E-state index contributed by atoms with van der Waals surface area (Å²) in [7, 11) is 1.44. The monoisotopic (exact) mass is 431 g/mol. The number of aromatic hydroxyl groups is 1. The van der Waals surface area contributed by atoms with E-state index in [0.29, 0.717) is 11.1 Å². The lowest BCUT2D eigenvalue weighted by molar-refractivity contribution is -0.365. The molecule has 0 aliphatic carbocycles. The largest absolute Gasteiger partial charge is 0.504 e. The second-order valence-corrected chi connectivity index (χ2v) is 5.98. The number of phenols is 1. The Balaban J connectivity index is 3.02. The summed E-state index contributed by atoms with van der Waals surface area (Å²) in [6, 6.07) is 3.39. The van der Waals surface area contributed by atoms with E-state index in [2.05, 4.69) is 10.6 Å². The maximum atomic E-state index is 10.5. The predicted molar refractivity (Wildman–Crippen MR) is 109 cm³/mol. The van der Waals surface area contributed by atoms with Crippen LogP contribution in [0.5, 0.6) is 11.5 Å². The van der Waals surface area contributed by atoms with Gasteiger partial charge in [0.15, 0.2) is 11.5 Å². The standard InChI is InChI=1S/C19H33N3O8/c1-28-17-14-15(3-2-6-22(29-11-9-25)30-12-10-26)13-16(18(17)27)19(20-4-7-23)21-5-8-24/h2-3,13-14,19-21,23-27H,4-12H2,1H3. The molecule has 0 aliphatic rings. The van der Waals surface area contributed by atoms with Crippen molar-refractivity contribution >= 4 is 6.08 Å². The Morgan fingerprint density at radius 3 is 2.07 bits per heavy atom. The molecule has 0 unspecified atom stereocenters. The number of ether oxygens (including phenoxy) is 1. The minimum absolute atomic E-state index is 0.0468. The Bertz CT molecular complexity index is 602. The number of aliphatic hydroxyl groups excluding tert-OH is 4. The van der Waals surface area contributed by atoms with Gasteiger partial charge in [-0.05, 0) is 17.7 Å². The lowest BCUT2D eigenvalue weighted by Crippen LogP contribution is -2.37. The summed E-state index contributed by atoms with van der Waals surface area (Å²) in [4.78, 5) is 10.4. The van der Waals surface area contributed by atoms with Crippen molar-refractivity contribution in [2.45, 2.75) is 6.17 Å². The zero-order chi connectivity index (χ0) is 22.2. The van der Waals surface area contributed by atoms with Gasteiger partial charge in [0.05, 0.1) is 59.5 Å². The maximum Gasteiger partial charge on any atom is 0.163 e. The van der Waals surface area contributed by atoms with Crippen molar-refractivity contribution in [1.29, 1.82) is 0 Å². The fourth-order valence-electron chi connectivity index (χ4n) is 2.54. The smallest absolute Gasteiger partial charge is 0.163 e.